The summed E-state index contributed by atoms with van der Waals surface area (Å²) in [6.45, 7) is 0.705. The number of benzene rings is 2. The number of ether oxygens (including phenoxy) is 2. The van der Waals surface area contributed by atoms with E-state index in [9.17, 15) is 4.79 Å². The first-order valence-corrected chi connectivity index (χ1v) is 7.16. The molecular weight excluding hydrogens is 311 g/mol. The molecule has 0 aliphatic rings. The number of Topliss-reactive ketones (excluding diaryl/α,β-unsaturated/α-hetero) is 1. The highest BCUT2D eigenvalue weighted by Crippen LogP contribution is 2.22. The number of halogens is 2. The molecule has 0 unspecified atom stereocenters. The number of para-hydroxylation sites is 1. The molecule has 2 aromatic carbocycles. The zero-order valence-corrected chi connectivity index (χ0v) is 12.7. The Labute approximate surface area is 133 Å². The van der Waals surface area contributed by atoms with E-state index < -0.39 is 0 Å². The summed E-state index contributed by atoms with van der Waals surface area (Å²) in [5.41, 5.74) is 0.480. The normalized spacial score (nSPS) is 10.4. The number of ketones is 1. The van der Waals surface area contributed by atoms with E-state index in [4.69, 9.17) is 32.7 Å². The standard InChI is InChI=1S/C16H14Cl2O3/c17-14-7-6-12(10-15(14)18)16(19)11-20-8-9-21-13-4-2-1-3-5-13/h1-7,10H,8-9,11H2. The topological polar surface area (TPSA) is 35.5 Å². The first kappa shape index (κ1) is 15.8. The van der Waals surface area contributed by atoms with Crippen molar-refractivity contribution >= 4 is 29.0 Å². The van der Waals surface area contributed by atoms with Crippen LogP contribution in [0.3, 0.4) is 0 Å². The van der Waals surface area contributed by atoms with Crippen LogP contribution in [-0.4, -0.2) is 25.6 Å². The Balaban J connectivity index is 1.71. The third kappa shape index (κ3) is 5.05. The van der Waals surface area contributed by atoms with Gasteiger partial charge in [0.15, 0.2) is 5.78 Å². The van der Waals surface area contributed by atoms with Crippen molar-refractivity contribution in [3.63, 3.8) is 0 Å². The van der Waals surface area contributed by atoms with Crippen molar-refractivity contribution in [3.05, 3.63) is 64.1 Å². The molecule has 0 aromatic heterocycles. The van der Waals surface area contributed by atoms with E-state index >= 15 is 0 Å². The van der Waals surface area contributed by atoms with Crippen molar-refractivity contribution in [1.29, 1.82) is 0 Å². The maximum Gasteiger partial charge on any atom is 0.188 e. The first-order chi connectivity index (χ1) is 10.2. The second kappa shape index (κ2) is 8.03. The quantitative estimate of drug-likeness (QED) is 0.563. The Morgan fingerprint density at radius 1 is 0.952 bits per heavy atom. The van der Waals surface area contributed by atoms with E-state index in [2.05, 4.69) is 0 Å². The molecule has 0 aliphatic carbocycles. The van der Waals surface area contributed by atoms with E-state index in [0.29, 0.717) is 28.8 Å². The molecule has 0 spiro atoms. The number of hydrogen-bond acceptors (Lipinski definition) is 3. The van der Waals surface area contributed by atoms with Crippen LogP contribution in [0.25, 0.3) is 0 Å². The van der Waals surface area contributed by atoms with Crippen LogP contribution >= 0.6 is 23.2 Å². The van der Waals surface area contributed by atoms with Gasteiger partial charge in [-0.05, 0) is 30.3 Å². The number of rotatable bonds is 7. The molecule has 2 aromatic rings. The van der Waals surface area contributed by atoms with Gasteiger partial charge in [0, 0.05) is 5.56 Å². The van der Waals surface area contributed by atoms with Gasteiger partial charge in [0.05, 0.1) is 16.7 Å². The summed E-state index contributed by atoms with van der Waals surface area (Å²) in [7, 11) is 0. The van der Waals surface area contributed by atoms with Crippen LogP contribution in [0.4, 0.5) is 0 Å². The van der Waals surface area contributed by atoms with Gasteiger partial charge in [0.25, 0.3) is 0 Å². The zero-order valence-electron chi connectivity index (χ0n) is 11.2. The van der Waals surface area contributed by atoms with Crippen molar-refractivity contribution in [3.8, 4) is 5.75 Å². The van der Waals surface area contributed by atoms with E-state index in [0.717, 1.165) is 5.75 Å². The Morgan fingerprint density at radius 2 is 1.71 bits per heavy atom. The van der Waals surface area contributed by atoms with Gasteiger partial charge in [-0.3, -0.25) is 4.79 Å². The van der Waals surface area contributed by atoms with Crippen LogP contribution in [0.2, 0.25) is 10.0 Å². The average Bonchev–Trinajstić information content (AvgIpc) is 2.50. The van der Waals surface area contributed by atoms with E-state index in [1.807, 2.05) is 30.3 Å². The molecule has 0 fully saturated rings. The molecule has 110 valence electrons. The number of carbonyl (C=O) groups excluding carboxylic acids is 1. The molecule has 0 saturated carbocycles. The third-order valence-corrected chi connectivity index (χ3v) is 3.45. The maximum absolute atomic E-state index is 11.9. The summed E-state index contributed by atoms with van der Waals surface area (Å²) in [5, 5.41) is 0.778. The Kier molecular flexibility index (Phi) is 6.05. The van der Waals surface area contributed by atoms with Crippen LogP contribution < -0.4 is 4.74 Å². The van der Waals surface area contributed by atoms with Crippen molar-refractivity contribution in [2.45, 2.75) is 0 Å². The minimum Gasteiger partial charge on any atom is -0.491 e. The fourth-order valence-corrected chi connectivity index (χ4v) is 1.95. The van der Waals surface area contributed by atoms with Crippen molar-refractivity contribution in [2.24, 2.45) is 0 Å². The highest BCUT2D eigenvalue weighted by molar-refractivity contribution is 6.42. The lowest BCUT2D eigenvalue weighted by molar-refractivity contribution is 0.0688. The lowest BCUT2D eigenvalue weighted by atomic mass is 10.1. The molecule has 0 amide bonds. The SMILES string of the molecule is O=C(COCCOc1ccccc1)c1ccc(Cl)c(Cl)c1. The van der Waals surface area contributed by atoms with Gasteiger partial charge in [-0.25, -0.2) is 0 Å². The van der Waals surface area contributed by atoms with Gasteiger partial charge in [-0.2, -0.15) is 0 Å². The molecule has 21 heavy (non-hydrogen) atoms. The van der Waals surface area contributed by atoms with E-state index in [1.54, 1.807) is 12.1 Å². The number of hydrogen-bond donors (Lipinski definition) is 0. The number of carbonyl (C=O) groups is 1. The summed E-state index contributed by atoms with van der Waals surface area (Å²) in [4.78, 5) is 11.9. The minimum atomic E-state index is -0.145. The molecule has 0 heterocycles. The molecule has 0 radical (unpaired) electrons. The Bertz CT molecular complexity index is 600. The van der Waals surface area contributed by atoms with Gasteiger partial charge in [-0.1, -0.05) is 41.4 Å². The molecule has 0 bridgehead atoms. The lowest BCUT2D eigenvalue weighted by Crippen LogP contribution is -2.13. The summed E-state index contributed by atoms with van der Waals surface area (Å²) >= 11 is 11.7. The highest BCUT2D eigenvalue weighted by atomic mass is 35.5. The molecule has 0 atom stereocenters. The molecular formula is C16H14Cl2O3. The first-order valence-electron chi connectivity index (χ1n) is 6.40. The van der Waals surface area contributed by atoms with Gasteiger partial charge in [0.1, 0.15) is 19.0 Å². The Hall–Kier alpha value is -1.55. The molecule has 5 heteroatoms. The van der Waals surface area contributed by atoms with Crippen LogP contribution in [0.1, 0.15) is 10.4 Å². The van der Waals surface area contributed by atoms with Crippen LogP contribution in [0, 0.1) is 0 Å². The third-order valence-electron chi connectivity index (χ3n) is 2.71. The summed E-state index contributed by atoms with van der Waals surface area (Å²) < 4.78 is 10.7. The van der Waals surface area contributed by atoms with Gasteiger partial charge < -0.3 is 9.47 Å². The monoisotopic (exact) mass is 324 g/mol. The Morgan fingerprint density at radius 3 is 2.43 bits per heavy atom. The van der Waals surface area contributed by atoms with Crippen molar-refractivity contribution in [2.75, 3.05) is 19.8 Å². The molecule has 3 nitrogen and oxygen atoms in total. The lowest BCUT2D eigenvalue weighted by Gasteiger charge is -2.07. The van der Waals surface area contributed by atoms with Crippen molar-refractivity contribution in [1.82, 2.24) is 0 Å². The van der Waals surface area contributed by atoms with E-state index in [-0.39, 0.29) is 12.4 Å². The fourth-order valence-electron chi connectivity index (χ4n) is 1.65. The second-order valence-corrected chi connectivity index (χ2v) is 5.08. The van der Waals surface area contributed by atoms with Crippen LogP contribution in [0.15, 0.2) is 48.5 Å². The fraction of sp³-hybridized carbons (Fsp3) is 0.188. The predicted molar refractivity (Wildman–Crippen MR) is 83.5 cm³/mol. The maximum atomic E-state index is 11.9. The highest BCUT2D eigenvalue weighted by Gasteiger charge is 2.08. The molecule has 0 N–H and O–H groups in total. The van der Waals surface area contributed by atoms with Crippen molar-refractivity contribution < 1.29 is 14.3 Å². The molecule has 0 saturated heterocycles. The summed E-state index contributed by atoms with van der Waals surface area (Å²) in [5.74, 6) is 0.630. The smallest absolute Gasteiger partial charge is 0.188 e. The van der Waals surface area contributed by atoms with Crippen LogP contribution in [0.5, 0.6) is 5.75 Å². The summed E-state index contributed by atoms with van der Waals surface area (Å²) in [6.07, 6.45) is 0. The largest absolute Gasteiger partial charge is 0.491 e. The second-order valence-electron chi connectivity index (χ2n) is 4.27. The predicted octanol–water partition coefficient (Wildman–Crippen LogP) is 4.27. The van der Waals surface area contributed by atoms with E-state index in [1.165, 1.54) is 6.07 Å². The van der Waals surface area contributed by atoms with Gasteiger partial charge in [0.2, 0.25) is 0 Å². The minimum absolute atomic E-state index is 0.0177. The van der Waals surface area contributed by atoms with Gasteiger partial charge >= 0.3 is 0 Å². The summed E-state index contributed by atoms with van der Waals surface area (Å²) in [6, 6.07) is 14.2. The molecule has 0 aliphatic heterocycles. The zero-order chi connectivity index (χ0) is 15.1. The average molecular weight is 325 g/mol. The molecule has 2 rings (SSSR count). The van der Waals surface area contributed by atoms with Gasteiger partial charge in [-0.15, -0.1) is 0 Å². The van der Waals surface area contributed by atoms with Crippen LogP contribution in [-0.2, 0) is 4.74 Å².